The Labute approximate surface area is 221 Å². The molecule has 1 amide bonds. The van der Waals surface area contributed by atoms with Gasteiger partial charge in [0.05, 0.1) is 18.4 Å². The molecule has 7 nitrogen and oxygen atoms in total. The molecule has 3 aromatic rings. The highest BCUT2D eigenvalue weighted by atomic mass is 32.2. The minimum Gasteiger partial charge on any atom is -0.438 e. The number of amides is 1. The predicted octanol–water partition coefficient (Wildman–Crippen LogP) is 4.73. The van der Waals surface area contributed by atoms with E-state index in [2.05, 4.69) is 4.72 Å². The minimum atomic E-state index is -3.53. The van der Waals surface area contributed by atoms with Gasteiger partial charge in [0.1, 0.15) is 17.2 Å². The third-order valence-corrected chi connectivity index (χ3v) is 7.52. The van der Waals surface area contributed by atoms with Gasteiger partial charge in [0, 0.05) is 25.9 Å². The number of sulfonamides is 1. The van der Waals surface area contributed by atoms with Gasteiger partial charge in [-0.2, -0.15) is 0 Å². The first-order chi connectivity index (χ1) is 18.0. The first-order valence-corrected chi connectivity index (χ1v) is 14.1. The molecule has 38 heavy (non-hydrogen) atoms. The number of aliphatic hydroxyl groups is 1. The van der Waals surface area contributed by atoms with Crippen molar-refractivity contribution < 1.29 is 31.8 Å². The van der Waals surface area contributed by atoms with Gasteiger partial charge in [0.2, 0.25) is 10.0 Å². The molecule has 1 saturated heterocycles. The Hall–Kier alpha value is -3.34. The van der Waals surface area contributed by atoms with E-state index in [1.165, 1.54) is 36.4 Å². The molecule has 0 spiro atoms. The fourth-order valence-corrected chi connectivity index (χ4v) is 5.21. The van der Waals surface area contributed by atoms with Crippen LogP contribution in [0.15, 0.2) is 72.8 Å². The van der Waals surface area contributed by atoms with Crippen LogP contribution in [0, 0.1) is 11.6 Å². The number of nitrogens with zero attached hydrogens (tertiary/aromatic N) is 1. The van der Waals surface area contributed by atoms with E-state index >= 15 is 0 Å². The molecule has 1 fully saturated rings. The zero-order chi connectivity index (χ0) is 27.5. The standard InChI is InChI=1S/C28H30F2N2O5S/c1-19(20-3-5-21(6-4-20)22-7-11-24(29)12-8-22)32-16-15-28(37-27(32)34,23-9-13-25(30)14-10-23)17-26(33)18-31-38(2,35)36/h3-14,19,26,31,33H,15-18H2,1-2H3/t19-,26?,28-/m0/s1. The quantitative estimate of drug-likeness (QED) is 0.406. The van der Waals surface area contributed by atoms with E-state index in [4.69, 9.17) is 4.74 Å². The van der Waals surface area contributed by atoms with Gasteiger partial charge in [-0.25, -0.2) is 26.7 Å². The van der Waals surface area contributed by atoms with Crippen LogP contribution in [-0.2, 0) is 20.4 Å². The van der Waals surface area contributed by atoms with E-state index in [1.807, 2.05) is 31.2 Å². The summed E-state index contributed by atoms with van der Waals surface area (Å²) < 4.78 is 58.0. The summed E-state index contributed by atoms with van der Waals surface area (Å²) in [6.07, 6.45) is -0.522. The Morgan fingerprint density at radius 2 is 1.50 bits per heavy atom. The number of carbonyl (C=O) groups excluding carboxylic acids is 1. The van der Waals surface area contributed by atoms with Gasteiger partial charge in [-0.05, 0) is 53.4 Å². The number of benzene rings is 3. The molecule has 202 valence electrons. The van der Waals surface area contributed by atoms with Crippen LogP contribution in [0.4, 0.5) is 13.6 Å². The molecule has 4 rings (SSSR count). The Bertz CT molecular complexity index is 1370. The van der Waals surface area contributed by atoms with Crippen LogP contribution in [0.3, 0.4) is 0 Å². The molecule has 1 heterocycles. The van der Waals surface area contributed by atoms with Crippen molar-refractivity contribution in [2.45, 2.75) is 37.5 Å². The summed E-state index contributed by atoms with van der Waals surface area (Å²) in [5.41, 5.74) is 1.91. The molecule has 10 heteroatoms. The zero-order valence-electron chi connectivity index (χ0n) is 21.1. The molecule has 0 aromatic heterocycles. The molecule has 3 aromatic carbocycles. The van der Waals surface area contributed by atoms with Crippen molar-refractivity contribution in [1.82, 2.24) is 9.62 Å². The van der Waals surface area contributed by atoms with Crippen molar-refractivity contribution in [3.8, 4) is 11.1 Å². The van der Waals surface area contributed by atoms with Crippen molar-refractivity contribution in [1.29, 1.82) is 0 Å². The summed E-state index contributed by atoms with van der Waals surface area (Å²) in [6.45, 7) is 1.92. The lowest BCUT2D eigenvalue weighted by atomic mass is 9.83. The van der Waals surface area contributed by atoms with Crippen molar-refractivity contribution in [3.05, 3.63) is 95.6 Å². The lowest BCUT2D eigenvalue weighted by molar-refractivity contribution is -0.0829. The van der Waals surface area contributed by atoms with E-state index in [9.17, 15) is 27.1 Å². The molecule has 3 atom stereocenters. The second kappa shape index (κ2) is 11.2. The van der Waals surface area contributed by atoms with E-state index < -0.39 is 33.6 Å². The van der Waals surface area contributed by atoms with Crippen LogP contribution in [-0.4, -0.2) is 50.0 Å². The summed E-state index contributed by atoms with van der Waals surface area (Å²) >= 11 is 0. The second-order valence-electron chi connectivity index (χ2n) is 9.60. The lowest BCUT2D eigenvalue weighted by Gasteiger charge is -2.44. The molecule has 0 saturated carbocycles. The summed E-state index contributed by atoms with van der Waals surface area (Å²) in [4.78, 5) is 14.9. The number of rotatable bonds is 9. The van der Waals surface area contributed by atoms with Crippen molar-refractivity contribution in [2.24, 2.45) is 0 Å². The number of cyclic esters (lactones) is 1. The first-order valence-electron chi connectivity index (χ1n) is 12.2. The summed E-state index contributed by atoms with van der Waals surface area (Å²) in [6, 6.07) is 19.0. The molecule has 1 unspecified atom stereocenters. The number of carbonyl (C=O) groups is 1. The van der Waals surface area contributed by atoms with Gasteiger partial charge < -0.3 is 14.7 Å². The molecule has 0 aliphatic carbocycles. The molecule has 0 radical (unpaired) electrons. The Morgan fingerprint density at radius 3 is 2.03 bits per heavy atom. The fourth-order valence-electron chi connectivity index (χ4n) is 4.72. The number of halogens is 2. The Kier molecular flexibility index (Phi) is 8.15. The lowest BCUT2D eigenvalue weighted by Crippen LogP contribution is -2.50. The monoisotopic (exact) mass is 544 g/mol. The Balaban J connectivity index is 1.51. The number of aliphatic hydroxyl groups excluding tert-OH is 1. The highest BCUT2D eigenvalue weighted by molar-refractivity contribution is 7.88. The molecule has 2 N–H and O–H groups in total. The van der Waals surface area contributed by atoms with Gasteiger partial charge >= 0.3 is 6.09 Å². The highest BCUT2D eigenvalue weighted by Gasteiger charge is 2.45. The van der Waals surface area contributed by atoms with Crippen LogP contribution in [0.1, 0.15) is 36.9 Å². The van der Waals surface area contributed by atoms with Crippen molar-refractivity contribution in [2.75, 3.05) is 19.3 Å². The smallest absolute Gasteiger partial charge is 0.411 e. The minimum absolute atomic E-state index is 0.0680. The van der Waals surface area contributed by atoms with Gasteiger partial charge in [-0.15, -0.1) is 0 Å². The largest absolute Gasteiger partial charge is 0.438 e. The highest BCUT2D eigenvalue weighted by Crippen LogP contribution is 2.40. The zero-order valence-corrected chi connectivity index (χ0v) is 21.9. The van der Waals surface area contributed by atoms with E-state index in [1.54, 1.807) is 17.0 Å². The number of ether oxygens (including phenoxy) is 1. The van der Waals surface area contributed by atoms with Gasteiger partial charge in [-0.1, -0.05) is 48.5 Å². The van der Waals surface area contributed by atoms with Gasteiger partial charge in [0.25, 0.3) is 0 Å². The summed E-state index contributed by atoms with van der Waals surface area (Å²) in [5, 5.41) is 10.6. The average Bonchev–Trinajstić information content (AvgIpc) is 2.88. The third kappa shape index (κ3) is 6.56. The SMILES string of the molecule is C[C@@H](c1ccc(-c2ccc(F)cc2)cc1)N1CC[C@](CC(O)CNS(C)(=O)=O)(c2ccc(F)cc2)OC1=O. The number of hydrogen-bond donors (Lipinski definition) is 2. The third-order valence-electron chi connectivity index (χ3n) is 6.83. The number of nitrogens with one attached hydrogen (secondary N) is 1. The van der Waals surface area contributed by atoms with Crippen LogP contribution >= 0.6 is 0 Å². The molecule has 1 aliphatic heterocycles. The molecule has 1 aliphatic rings. The maximum Gasteiger partial charge on any atom is 0.411 e. The van der Waals surface area contributed by atoms with E-state index in [0.29, 0.717) is 18.5 Å². The second-order valence-corrected chi connectivity index (χ2v) is 11.4. The van der Waals surface area contributed by atoms with Crippen molar-refractivity contribution >= 4 is 16.1 Å². The molecular formula is C28H30F2N2O5S. The topological polar surface area (TPSA) is 95.9 Å². The summed E-state index contributed by atoms with van der Waals surface area (Å²) in [5.74, 6) is -0.761. The van der Waals surface area contributed by atoms with Crippen molar-refractivity contribution in [3.63, 3.8) is 0 Å². The molecule has 0 bridgehead atoms. The molecular weight excluding hydrogens is 514 g/mol. The van der Waals surface area contributed by atoms with Gasteiger partial charge in [-0.3, -0.25) is 0 Å². The summed E-state index contributed by atoms with van der Waals surface area (Å²) in [7, 11) is -3.53. The average molecular weight is 545 g/mol. The van der Waals surface area contributed by atoms with E-state index in [-0.39, 0.29) is 24.8 Å². The Morgan fingerprint density at radius 1 is 0.974 bits per heavy atom. The van der Waals surface area contributed by atoms with E-state index in [0.717, 1.165) is 22.9 Å². The van der Waals surface area contributed by atoms with Crippen LogP contribution < -0.4 is 4.72 Å². The normalized spacial score (nSPS) is 19.6. The fraction of sp³-hybridized carbons (Fsp3) is 0.321. The maximum atomic E-state index is 13.6. The van der Waals surface area contributed by atoms with Crippen LogP contribution in [0.2, 0.25) is 0 Å². The van der Waals surface area contributed by atoms with Crippen LogP contribution in [0.5, 0.6) is 0 Å². The number of hydrogen-bond acceptors (Lipinski definition) is 5. The van der Waals surface area contributed by atoms with Gasteiger partial charge in [0.15, 0.2) is 0 Å². The first kappa shape index (κ1) is 27.7. The van der Waals surface area contributed by atoms with Crippen LogP contribution in [0.25, 0.3) is 11.1 Å². The maximum absolute atomic E-state index is 13.6. The predicted molar refractivity (Wildman–Crippen MR) is 140 cm³/mol.